The Morgan fingerprint density at radius 3 is 2.43 bits per heavy atom. The molecule has 1 atom stereocenters. The molecule has 116 valence electrons. The number of hydrogen-bond acceptors (Lipinski definition) is 3. The predicted octanol–water partition coefficient (Wildman–Crippen LogP) is 2.10. The highest BCUT2D eigenvalue weighted by molar-refractivity contribution is 5.76. The van der Waals surface area contributed by atoms with Crippen LogP contribution in [0, 0.1) is 0 Å². The van der Waals surface area contributed by atoms with Gasteiger partial charge in [0.1, 0.15) is 0 Å². The fourth-order valence-corrected chi connectivity index (χ4v) is 2.19. The van der Waals surface area contributed by atoms with Crippen LogP contribution in [0.5, 0.6) is 0 Å². The van der Waals surface area contributed by atoms with E-state index in [1.807, 2.05) is 12.1 Å². The molecule has 1 saturated carbocycles. The molecular formula is C17H26N2O2. The summed E-state index contributed by atoms with van der Waals surface area (Å²) in [6.07, 6.45) is 2.17. The molecular weight excluding hydrogens is 264 g/mol. The average Bonchev–Trinajstić information content (AvgIpc) is 3.27. The van der Waals surface area contributed by atoms with E-state index >= 15 is 0 Å². The van der Waals surface area contributed by atoms with E-state index in [0.717, 1.165) is 18.4 Å². The lowest BCUT2D eigenvalue weighted by atomic mass is 10.00. The molecule has 21 heavy (non-hydrogen) atoms. The van der Waals surface area contributed by atoms with Gasteiger partial charge in [0.15, 0.2) is 0 Å². The minimum absolute atomic E-state index is 0.0979. The van der Waals surface area contributed by atoms with Gasteiger partial charge in [-0.1, -0.05) is 38.1 Å². The molecule has 4 heteroatoms. The zero-order chi connectivity index (χ0) is 15.2. The fraction of sp³-hybridized carbons (Fsp3) is 0.588. The van der Waals surface area contributed by atoms with E-state index in [-0.39, 0.29) is 5.91 Å². The second-order valence-corrected chi connectivity index (χ2v) is 6.13. The number of amides is 1. The molecule has 4 nitrogen and oxygen atoms in total. The van der Waals surface area contributed by atoms with Crippen molar-refractivity contribution < 1.29 is 9.90 Å². The maximum Gasteiger partial charge on any atom is 0.221 e. The molecule has 0 aromatic heterocycles. The third kappa shape index (κ3) is 5.48. The van der Waals surface area contributed by atoms with E-state index in [0.29, 0.717) is 31.5 Å². The van der Waals surface area contributed by atoms with Crippen molar-refractivity contribution in [3.63, 3.8) is 0 Å². The molecule has 0 aliphatic heterocycles. The quantitative estimate of drug-likeness (QED) is 0.643. The minimum atomic E-state index is -0.530. The van der Waals surface area contributed by atoms with E-state index in [1.165, 1.54) is 5.56 Å². The Labute approximate surface area is 126 Å². The highest BCUT2D eigenvalue weighted by Gasteiger charge is 2.22. The molecule has 1 aliphatic rings. The average molecular weight is 290 g/mol. The molecule has 1 aromatic carbocycles. The molecule has 1 amide bonds. The van der Waals surface area contributed by atoms with Crippen LogP contribution in [-0.2, 0) is 4.79 Å². The van der Waals surface area contributed by atoms with Crippen LogP contribution >= 0.6 is 0 Å². The van der Waals surface area contributed by atoms with Crippen LogP contribution in [-0.4, -0.2) is 30.1 Å². The number of benzene rings is 1. The summed E-state index contributed by atoms with van der Waals surface area (Å²) >= 11 is 0. The first kappa shape index (κ1) is 16.0. The highest BCUT2D eigenvalue weighted by Crippen LogP contribution is 2.19. The van der Waals surface area contributed by atoms with Crippen LogP contribution in [0.2, 0.25) is 0 Å². The predicted molar refractivity (Wildman–Crippen MR) is 84.1 cm³/mol. The molecule has 1 aliphatic carbocycles. The van der Waals surface area contributed by atoms with E-state index in [9.17, 15) is 9.90 Å². The molecule has 0 heterocycles. The lowest BCUT2D eigenvalue weighted by Gasteiger charge is -2.13. The van der Waals surface area contributed by atoms with E-state index in [4.69, 9.17) is 0 Å². The molecule has 0 saturated heterocycles. The van der Waals surface area contributed by atoms with Gasteiger partial charge in [0.05, 0.1) is 6.10 Å². The maximum atomic E-state index is 11.5. The lowest BCUT2D eigenvalue weighted by Crippen LogP contribution is -2.30. The maximum absolute atomic E-state index is 11.5. The van der Waals surface area contributed by atoms with Gasteiger partial charge in [-0.05, 0) is 29.9 Å². The van der Waals surface area contributed by atoms with Gasteiger partial charge in [0, 0.05) is 25.6 Å². The molecule has 1 fully saturated rings. The Balaban J connectivity index is 1.66. The third-order valence-corrected chi connectivity index (χ3v) is 3.80. The standard InChI is InChI=1S/C17H26N2O2/c1-12(2)13-3-5-14(6-4-13)16(20)11-18-10-9-17(21)19-15-7-8-15/h3-6,12,15-16,18,20H,7-11H2,1-2H3,(H,19,21). The minimum Gasteiger partial charge on any atom is -0.387 e. The Bertz CT molecular complexity index is 452. The van der Waals surface area contributed by atoms with Crippen molar-refractivity contribution in [3.8, 4) is 0 Å². The number of rotatable bonds is 8. The summed E-state index contributed by atoms with van der Waals surface area (Å²) in [6.45, 7) is 5.37. The topological polar surface area (TPSA) is 61.4 Å². The second-order valence-electron chi connectivity index (χ2n) is 6.13. The number of carbonyl (C=O) groups is 1. The third-order valence-electron chi connectivity index (χ3n) is 3.80. The number of aliphatic hydroxyl groups excluding tert-OH is 1. The highest BCUT2D eigenvalue weighted by atomic mass is 16.3. The zero-order valence-electron chi connectivity index (χ0n) is 12.9. The van der Waals surface area contributed by atoms with Crippen molar-refractivity contribution in [3.05, 3.63) is 35.4 Å². The number of nitrogens with one attached hydrogen (secondary N) is 2. The van der Waals surface area contributed by atoms with Gasteiger partial charge in [-0.2, -0.15) is 0 Å². The van der Waals surface area contributed by atoms with Crippen molar-refractivity contribution >= 4 is 5.91 Å². The largest absolute Gasteiger partial charge is 0.387 e. The fourth-order valence-electron chi connectivity index (χ4n) is 2.19. The van der Waals surface area contributed by atoms with Crippen LogP contribution in [0.4, 0.5) is 0 Å². The first-order valence-electron chi connectivity index (χ1n) is 7.84. The van der Waals surface area contributed by atoms with Crippen molar-refractivity contribution in [1.82, 2.24) is 10.6 Å². The first-order valence-corrected chi connectivity index (χ1v) is 7.84. The summed E-state index contributed by atoms with van der Waals surface area (Å²) in [5.41, 5.74) is 2.19. The Kier molecular flexibility index (Phi) is 5.76. The van der Waals surface area contributed by atoms with Gasteiger partial charge in [-0.3, -0.25) is 4.79 Å². The molecule has 3 N–H and O–H groups in total. The van der Waals surface area contributed by atoms with Gasteiger partial charge >= 0.3 is 0 Å². The molecule has 0 bridgehead atoms. The molecule has 1 aromatic rings. The summed E-state index contributed by atoms with van der Waals surface area (Å²) < 4.78 is 0. The van der Waals surface area contributed by atoms with Gasteiger partial charge in [-0.15, -0.1) is 0 Å². The van der Waals surface area contributed by atoms with E-state index < -0.39 is 6.10 Å². The molecule has 2 rings (SSSR count). The van der Waals surface area contributed by atoms with Crippen molar-refractivity contribution in [2.75, 3.05) is 13.1 Å². The molecule has 0 spiro atoms. The summed E-state index contributed by atoms with van der Waals surface area (Å²) in [7, 11) is 0. The van der Waals surface area contributed by atoms with Gasteiger partial charge < -0.3 is 15.7 Å². The normalized spacial score (nSPS) is 16.0. The van der Waals surface area contributed by atoms with Crippen LogP contribution in [0.1, 0.15) is 56.3 Å². The zero-order valence-corrected chi connectivity index (χ0v) is 12.9. The first-order chi connectivity index (χ1) is 10.1. The summed E-state index contributed by atoms with van der Waals surface area (Å²) in [5.74, 6) is 0.597. The number of carbonyl (C=O) groups excluding carboxylic acids is 1. The van der Waals surface area contributed by atoms with Crippen molar-refractivity contribution in [2.24, 2.45) is 0 Å². The molecule has 0 radical (unpaired) electrons. The number of hydrogen-bond donors (Lipinski definition) is 3. The van der Waals surface area contributed by atoms with Crippen LogP contribution in [0.3, 0.4) is 0 Å². The van der Waals surface area contributed by atoms with Gasteiger partial charge in [-0.25, -0.2) is 0 Å². The SMILES string of the molecule is CC(C)c1ccc(C(O)CNCCC(=O)NC2CC2)cc1. The van der Waals surface area contributed by atoms with Crippen molar-refractivity contribution in [2.45, 2.75) is 51.2 Å². The van der Waals surface area contributed by atoms with Crippen LogP contribution in [0.25, 0.3) is 0 Å². The summed E-state index contributed by atoms with van der Waals surface area (Å²) in [4.78, 5) is 11.5. The molecule has 1 unspecified atom stereocenters. The summed E-state index contributed by atoms with van der Waals surface area (Å²) in [5, 5.41) is 16.2. The second kappa shape index (κ2) is 7.57. The summed E-state index contributed by atoms with van der Waals surface area (Å²) in [6, 6.07) is 8.49. The lowest BCUT2D eigenvalue weighted by molar-refractivity contribution is -0.121. The van der Waals surface area contributed by atoms with Crippen molar-refractivity contribution in [1.29, 1.82) is 0 Å². The van der Waals surface area contributed by atoms with Gasteiger partial charge in [0.2, 0.25) is 5.91 Å². The van der Waals surface area contributed by atoms with Crippen LogP contribution < -0.4 is 10.6 Å². The Morgan fingerprint density at radius 2 is 1.86 bits per heavy atom. The van der Waals surface area contributed by atoms with E-state index in [2.05, 4.69) is 36.6 Å². The smallest absolute Gasteiger partial charge is 0.221 e. The van der Waals surface area contributed by atoms with Gasteiger partial charge in [0.25, 0.3) is 0 Å². The Hall–Kier alpha value is -1.39. The van der Waals surface area contributed by atoms with Crippen LogP contribution in [0.15, 0.2) is 24.3 Å². The van der Waals surface area contributed by atoms with E-state index in [1.54, 1.807) is 0 Å². The monoisotopic (exact) mass is 290 g/mol. The Morgan fingerprint density at radius 1 is 1.24 bits per heavy atom. The number of aliphatic hydroxyl groups is 1.